The molecule has 2 rings (SSSR count). The van der Waals surface area contributed by atoms with Gasteiger partial charge >= 0.3 is 0 Å². The Hall–Kier alpha value is -0.860. The second-order valence-electron chi connectivity index (χ2n) is 5.84. The summed E-state index contributed by atoms with van der Waals surface area (Å²) in [7, 11) is 0. The Morgan fingerprint density at radius 1 is 1.18 bits per heavy atom. The van der Waals surface area contributed by atoms with Crippen molar-refractivity contribution < 1.29 is 9.47 Å². The van der Waals surface area contributed by atoms with E-state index in [0.29, 0.717) is 5.92 Å². The van der Waals surface area contributed by atoms with Crippen molar-refractivity contribution in [3.05, 3.63) is 35.9 Å². The zero-order valence-corrected chi connectivity index (χ0v) is 11.1. The largest absolute Gasteiger partial charge is 0.348 e. The Bertz CT molecular complexity index is 356. The van der Waals surface area contributed by atoms with Gasteiger partial charge < -0.3 is 9.47 Å². The molecule has 1 heterocycles. The molecule has 0 aliphatic carbocycles. The molecule has 0 amide bonds. The van der Waals surface area contributed by atoms with Gasteiger partial charge in [0, 0.05) is 11.0 Å². The molecule has 0 spiro atoms. The first-order chi connectivity index (χ1) is 8.00. The molecule has 2 atom stereocenters. The van der Waals surface area contributed by atoms with Crippen LogP contribution in [0.4, 0.5) is 0 Å². The van der Waals surface area contributed by atoms with Crippen molar-refractivity contribution in [1.82, 2.24) is 0 Å². The van der Waals surface area contributed by atoms with E-state index in [4.69, 9.17) is 9.47 Å². The fraction of sp³-hybridized carbons (Fsp3) is 0.600. The van der Waals surface area contributed by atoms with E-state index in [0.717, 1.165) is 12.2 Å². The van der Waals surface area contributed by atoms with Gasteiger partial charge in [0.1, 0.15) is 0 Å². The van der Waals surface area contributed by atoms with Gasteiger partial charge in [0.15, 0.2) is 6.29 Å². The van der Waals surface area contributed by atoms with Gasteiger partial charge in [-0.15, -0.1) is 0 Å². The van der Waals surface area contributed by atoms with Gasteiger partial charge in [-0.3, -0.25) is 0 Å². The van der Waals surface area contributed by atoms with Crippen LogP contribution in [0.15, 0.2) is 30.3 Å². The van der Waals surface area contributed by atoms with Gasteiger partial charge in [-0.1, -0.05) is 58.0 Å². The van der Waals surface area contributed by atoms with Crippen molar-refractivity contribution in [2.45, 2.75) is 40.1 Å². The SMILES string of the molecule is CC(C)[C@@H]1O[C@@H](c2ccccc2)OCC1(C)C. The quantitative estimate of drug-likeness (QED) is 0.775. The predicted molar refractivity (Wildman–Crippen MR) is 68.6 cm³/mol. The highest BCUT2D eigenvalue weighted by Crippen LogP contribution is 2.39. The van der Waals surface area contributed by atoms with Crippen LogP contribution in [-0.2, 0) is 9.47 Å². The van der Waals surface area contributed by atoms with E-state index in [1.165, 1.54) is 0 Å². The summed E-state index contributed by atoms with van der Waals surface area (Å²) in [6.07, 6.45) is 0.0260. The maximum Gasteiger partial charge on any atom is 0.184 e. The third-order valence-corrected chi connectivity index (χ3v) is 3.32. The number of hydrogen-bond acceptors (Lipinski definition) is 2. The Morgan fingerprint density at radius 3 is 2.41 bits per heavy atom. The number of ether oxygens (including phenoxy) is 2. The highest BCUT2D eigenvalue weighted by atomic mass is 16.7. The first-order valence-electron chi connectivity index (χ1n) is 6.33. The molecule has 2 nitrogen and oxygen atoms in total. The van der Waals surface area contributed by atoms with E-state index in [9.17, 15) is 0 Å². The van der Waals surface area contributed by atoms with E-state index in [2.05, 4.69) is 39.8 Å². The lowest BCUT2D eigenvalue weighted by molar-refractivity contribution is -0.274. The second kappa shape index (κ2) is 4.79. The molecule has 2 heteroatoms. The Balaban J connectivity index is 2.15. The Morgan fingerprint density at radius 2 is 1.82 bits per heavy atom. The number of rotatable bonds is 2. The standard InChI is InChI=1S/C15H22O2/c1-11(2)13-15(3,4)10-16-14(17-13)12-8-6-5-7-9-12/h5-9,11,13-14H,10H2,1-4H3/t13-,14-/m0/s1. The average molecular weight is 234 g/mol. The van der Waals surface area contributed by atoms with Crippen LogP contribution in [-0.4, -0.2) is 12.7 Å². The Kier molecular flexibility index (Phi) is 3.55. The van der Waals surface area contributed by atoms with Crippen molar-refractivity contribution >= 4 is 0 Å². The molecule has 1 aliphatic rings. The van der Waals surface area contributed by atoms with Crippen LogP contribution in [0.2, 0.25) is 0 Å². The molecular formula is C15H22O2. The minimum atomic E-state index is -0.211. The summed E-state index contributed by atoms with van der Waals surface area (Å²) in [6, 6.07) is 10.2. The summed E-state index contributed by atoms with van der Waals surface area (Å²) in [5, 5.41) is 0. The van der Waals surface area contributed by atoms with Crippen molar-refractivity contribution in [3.63, 3.8) is 0 Å². The normalized spacial score (nSPS) is 28.3. The summed E-state index contributed by atoms with van der Waals surface area (Å²) >= 11 is 0. The first-order valence-corrected chi connectivity index (χ1v) is 6.33. The van der Waals surface area contributed by atoms with Gasteiger partial charge in [-0.2, -0.15) is 0 Å². The van der Waals surface area contributed by atoms with Crippen LogP contribution in [0.3, 0.4) is 0 Å². The number of hydrogen-bond donors (Lipinski definition) is 0. The summed E-state index contributed by atoms with van der Waals surface area (Å²) in [5.74, 6) is 0.500. The molecule has 1 fully saturated rings. The molecule has 17 heavy (non-hydrogen) atoms. The molecule has 0 aromatic heterocycles. The van der Waals surface area contributed by atoms with E-state index in [1.807, 2.05) is 18.2 Å². The fourth-order valence-electron chi connectivity index (χ4n) is 2.57. The minimum absolute atomic E-state index is 0.0828. The molecule has 0 bridgehead atoms. The van der Waals surface area contributed by atoms with Crippen molar-refractivity contribution in [3.8, 4) is 0 Å². The van der Waals surface area contributed by atoms with Crippen LogP contribution >= 0.6 is 0 Å². The molecule has 0 unspecified atom stereocenters. The highest BCUT2D eigenvalue weighted by molar-refractivity contribution is 5.16. The first kappa shape index (κ1) is 12.6. The zero-order chi connectivity index (χ0) is 12.5. The van der Waals surface area contributed by atoms with Crippen LogP contribution in [0.1, 0.15) is 39.5 Å². The van der Waals surface area contributed by atoms with E-state index >= 15 is 0 Å². The van der Waals surface area contributed by atoms with E-state index in [1.54, 1.807) is 0 Å². The van der Waals surface area contributed by atoms with Crippen molar-refractivity contribution in [1.29, 1.82) is 0 Å². The molecule has 1 saturated heterocycles. The summed E-state index contributed by atoms with van der Waals surface area (Å²) in [4.78, 5) is 0. The average Bonchev–Trinajstić information content (AvgIpc) is 2.29. The monoisotopic (exact) mass is 234 g/mol. The second-order valence-corrected chi connectivity index (χ2v) is 5.84. The molecule has 0 radical (unpaired) electrons. The molecule has 1 aromatic rings. The zero-order valence-electron chi connectivity index (χ0n) is 11.1. The van der Waals surface area contributed by atoms with Crippen LogP contribution in [0.5, 0.6) is 0 Å². The summed E-state index contributed by atoms with van der Waals surface area (Å²) in [6.45, 7) is 9.58. The maximum absolute atomic E-state index is 6.13. The molecular weight excluding hydrogens is 212 g/mol. The summed E-state index contributed by atoms with van der Waals surface area (Å²) in [5.41, 5.74) is 1.19. The molecule has 94 valence electrons. The molecule has 0 N–H and O–H groups in total. The van der Waals surface area contributed by atoms with Crippen molar-refractivity contribution in [2.75, 3.05) is 6.61 Å². The predicted octanol–water partition coefficient (Wildman–Crippen LogP) is 3.78. The topological polar surface area (TPSA) is 18.5 Å². The lowest BCUT2D eigenvalue weighted by Gasteiger charge is -2.44. The lowest BCUT2D eigenvalue weighted by atomic mass is 9.80. The lowest BCUT2D eigenvalue weighted by Crippen LogP contribution is -2.45. The van der Waals surface area contributed by atoms with E-state index < -0.39 is 0 Å². The Labute approximate surface area is 104 Å². The minimum Gasteiger partial charge on any atom is -0.348 e. The van der Waals surface area contributed by atoms with Gasteiger partial charge in [0.25, 0.3) is 0 Å². The highest BCUT2D eigenvalue weighted by Gasteiger charge is 2.40. The van der Waals surface area contributed by atoms with Gasteiger partial charge in [-0.05, 0) is 5.92 Å². The molecule has 1 aromatic carbocycles. The van der Waals surface area contributed by atoms with Crippen LogP contribution in [0.25, 0.3) is 0 Å². The maximum atomic E-state index is 6.13. The number of benzene rings is 1. The molecule has 0 saturated carbocycles. The van der Waals surface area contributed by atoms with Crippen molar-refractivity contribution in [2.24, 2.45) is 11.3 Å². The smallest absolute Gasteiger partial charge is 0.184 e. The molecule has 1 aliphatic heterocycles. The summed E-state index contributed by atoms with van der Waals surface area (Å²) < 4.78 is 12.0. The van der Waals surface area contributed by atoms with Gasteiger partial charge in [-0.25, -0.2) is 0 Å². The third kappa shape index (κ3) is 2.70. The van der Waals surface area contributed by atoms with Crippen LogP contribution < -0.4 is 0 Å². The van der Waals surface area contributed by atoms with Gasteiger partial charge in [0.2, 0.25) is 0 Å². The van der Waals surface area contributed by atoms with Gasteiger partial charge in [0.05, 0.1) is 12.7 Å². The third-order valence-electron chi connectivity index (χ3n) is 3.32. The van der Waals surface area contributed by atoms with Crippen LogP contribution in [0, 0.1) is 11.3 Å². The van der Waals surface area contributed by atoms with E-state index in [-0.39, 0.29) is 17.8 Å². The fourth-order valence-corrected chi connectivity index (χ4v) is 2.57.